The van der Waals surface area contributed by atoms with E-state index in [1.807, 2.05) is 0 Å². The number of carbonyl (C=O) groups is 2. The van der Waals surface area contributed by atoms with Crippen LogP contribution in [0.3, 0.4) is 0 Å². The molecule has 0 unspecified atom stereocenters. The van der Waals surface area contributed by atoms with Gasteiger partial charge < -0.3 is 5.11 Å². The zero-order valence-corrected chi connectivity index (χ0v) is 9.06. The fourth-order valence-corrected chi connectivity index (χ4v) is 1.31. The Morgan fingerprint density at radius 1 is 1.53 bits per heavy atom. The van der Waals surface area contributed by atoms with Crippen molar-refractivity contribution in [3.63, 3.8) is 0 Å². The van der Waals surface area contributed by atoms with Crippen LogP contribution in [0, 0.1) is 5.92 Å². The van der Waals surface area contributed by atoms with Gasteiger partial charge in [0, 0.05) is 19.4 Å². The summed E-state index contributed by atoms with van der Waals surface area (Å²) in [4.78, 5) is 22.1. The maximum atomic E-state index is 11.4. The van der Waals surface area contributed by atoms with Crippen LogP contribution in [-0.4, -0.2) is 34.2 Å². The number of nitrogens with zero attached hydrogens (tertiary/aromatic N) is 2. The monoisotopic (exact) mass is 212 g/mol. The normalized spacial score (nSPS) is 16.9. The topological polar surface area (TPSA) is 70.0 Å². The van der Waals surface area contributed by atoms with Gasteiger partial charge in [-0.2, -0.15) is 5.10 Å². The van der Waals surface area contributed by atoms with Crippen molar-refractivity contribution in [2.75, 3.05) is 6.54 Å². The first-order valence-corrected chi connectivity index (χ1v) is 5.12. The number of hydrazone groups is 1. The van der Waals surface area contributed by atoms with E-state index in [2.05, 4.69) is 18.9 Å². The average molecular weight is 212 g/mol. The van der Waals surface area contributed by atoms with E-state index in [-0.39, 0.29) is 24.5 Å². The Morgan fingerprint density at radius 2 is 2.20 bits per heavy atom. The molecule has 15 heavy (non-hydrogen) atoms. The third kappa shape index (κ3) is 3.34. The van der Waals surface area contributed by atoms with E-state index in [0.29, 0.717) is 12.5 Å². The lowest BCUT2D eigenvalue weighted by atomic mass is 10.1. The number of hydrogen-bond donors (Lipinski definition) is 1. The van der Waals surface area contributed by atoms with Gasteiger partial charge in [-0.05, 0) is 12.3 Å². The summed E-state index contributed by atoms with van der Waals surface area (Å²) in [6, 6.07) is 0. The van der Waals surface area contributed by atoms with Crippen LogP contribution in [0.1, 0.15) is 33.1 Å². The van der Waals surface area contributed by atoms with Gasteiger partial charge in [-0.1, -0.05) is 13.8 Å². The zero-order valence-electron chi connectivity index (χ0n) is 9.06. The van der Waals surface area contributed by atoms with Gasteiger partial charge >= 0.3 is 5.97 Å². The van der Waals surface area contributed by atoms with Gasteiger partial charge in [0.05, 0.1) is 0 Å². The third-order valence-corrected chi connectivity index (χ3v) is 2.27. The number of carboxylic acid groups (broad SMARTS) is 1. The molecule has 84 valence electrons. The molecule has 1 amide bonds. The van der Waals surface area contributed by atoms with E-state index < -0.39 is 5.97 Å². The molecule has 0 saturated carbocycles. The van der Waals surface area contributed by atoms with Crippen molar-refractivity contribution in [1.82, 2.24) is 5.01 Å². The van der Waals surface area contributed by atoms with E-state index in [0.717, 1.165) is 6.42 Å². The molecule has 0 bridgehead atoms. The molecule has 0 radical (unpaired) electrons. The van der Waals surface area contributed by atoms with Crippen LogP contribution < -0.4 is 0 Å². The molecule has 1 rings (SSSR count). The Labute approximate surface area is 88.8 Å². The minimum absolute atomic E-state index is 0.0818. The van der Waals surface area contributed by atoms with Crippen molar-refractivity contribution in [2.24, 2.45) is 11.0 Å². The molecule has 1 N–H and O–H groups in total. The minimum atomic E-state index is -1.03. The summed E-state index contributed by atoms with van der Waals surface area (Å²) in [5.74, 6) is -0.638. The van der Waals surface area contributed by atoms with Gasteiger partial charge in [0.15, 0.2) is 0 Å². The number of aliphatic carboxylic acids is 1. The number of carbonyl (C=O) groups excluding carboxylic acids is 1. The Kier molecular flexibility index (Phi) is 3.82. The lowest BCUT2D eigenvalue weighted by Gasteiger charge is -2.22. The molecule has 0 fully saturated rings. The molecule has 5 nitrogen and oxygen atoms in total. The number of amides is 1. The van der Waals surface area contributed by atoms with Gasteiger partial charge in [0.2, 0.25) is 5.91 Å². The predicted octanol–water partition coefficient (Wildman–Crippen LogP) is 1.10. The molecule has 1 heterocycles. The van der Waals surface area contributed by atoms with Crippen LogP contribution in [0.25, 0.3) is 0 Å². The zero-order chi connectivity index (χ0) is 11.4. The maximum absolute atomic E-state index is 11.4. The highest BCUT2D eigenvalue weighted by molar-refractivity contribution is 6.36. The van der Waals surface area contributed by atoms with Crippen LogP contribution in [0.15, 0.2) is 5.10 Å². The van der Waals surface area contributed by atoms with Gasteiger partial charge in [-0.3, -0.25) is 4.79 Å². The number of rotatable bonds is 4. The molecule has 1 aliphatic heterocycles. The summed E-state index contributed by atoms with van der Waals surface area (Å²) in [7, 11) is 0. The lowest BCUT2D eigenvalue weighted by molar-refractivity contribution is -0.133. The summed E-state index contributed by atoms with van der Waals surface area (Å²) in [5.41, 5.74) is 0.0818. The van der Waals surface area contributed by atoms with Crippen molar-refractivity contribution in [3.8, 4) is 0 Å². The van der Waals surface area contributed by atoms with E-state index >= 15 is 0 Å². The van der Waals surface area contributed by atoms with E-state index in [1.54, 1.807) is 0 Å². The highest BCUT2D eigenvalue weighted by Gasteiger charge is 2.23. The smallest absolute Gasteiger partial charge is 0.352 e. The Bertz CT molecular complexity index is 297. The predicted molar refractivity (Wildman–Crippen MR) is 55.5 cm³/mol. The molecule has 5 heteroatoms. The van der Waals surface area contributed by atoms with E-state index in [1.165, 1.54) is 5.01 Å². The third-order valence-electron chi connectivity index (χ3n) is 2.27. The summed E-state index contributed by atoms with van der Waals surface area (Å²) < 4.78 is 0. The second-order valence-corrected chi connectivity index (χ2v) is 4.05. The summed E-state index contributed by atoms with van der Waals surface area (Å²) in [6.07, 6.45) is 1.33. The highest BCUT2D eigenvalue weighted by Crippen LogP contribution is 2.11. The molecule has 0 aromatic heterocycles. The van der Waals surface area contributed by atoms with Crippen LogP contribution in [0.4, 0.5) is 0 Å². The number of hydrogen-bond acceptors (Lipinski definition) is 3. The van der Waals surface area contributed by atoms with Gasteiger partial charge in [0.1, 0.15) is 5.71 Å². The lowest BCUT2D eigenvalue weighted by Crippen LogP contribution is -2.35. The van der Waals surface area contributed by atoms with Gasteiger partial charge in [-0.15, -0.1) is 0 Å². The molecule has 0 aromatic rings. The van der Waals surface area contributed by atoms with Crippen molar-refractivity contribution in [2.45, 2.75) is 33.1 Å². The quantitative estimate of drug-likeness (QED) is 0.758. The van der Waals surface area contributed by atoms with Crippen molar-refractivity contribution >= 4 is 17.6 Å². The maximum Gasteiger partial charge on any atom is 0.352 e. The molecule has 0 spiro atoms. The van der Waals surface area contributed by atoms with Crippen LogP contribution in [0.5, 0.6) is 0 Å². The summed E-state index contributed by atoms with van der Waals surface area (Å²) in [6.45, 7) is 4.61. The Morgan fingerprint density at radius 3 is 2.73 bits per heavy atom. The van der Waals surface area contributed by atoms with Gasteiger partial charge in [-0.25, -0.2) is 9.80 Å². The molecular formula is C10H16N2O3. The van der Waals surface area contributed by atoms with Gasteiger partial charge in [0.25, 0.3) is 0 Å². The molecule has 0 aliphatic carbocycles. The van der Waals surface area contributed by atoms with Crippen molar-refractivity contribution in [3.05, 3.63) is 0 Å². The van der Waals surface area contributed by atoms with Crippen molar-refractivity contribution in [1.29, 1.82) is 0 Å². The second-order valence-electron chi connectivity index (χ2n) is 4.05. The Hall–Kier alpha value is -1.39. The molecule has 0 atom stereocenters. The first-order valence-electron chi connectivity index (χ1n) is 5.12. The van der Waals surface area contributed by atoms with E-state index in [4.69, 9.17) is 5.11 Å². The average Bonchev–Trinajstić information content (AvgIpc) is 2.16. The molecule has 0 aromatic carbocycles. The standard InChI is InChI=1S/C10H16N2O3/c1-7(2)5-6-12-9(13)4-3-8(11-12)10(14)15/h7H,3-6H2,1-2H3,(H,14,15). The fourth-order valence-electron chi connectivity index (χ4n) is 1.31. The highest BCUT2D eigenvalue weighted by atomic mass is 16.4. The first kappa shape index (κ1) is 11.7. The first-order chi connectivity index (χ1) is 7.00. The minimum Gasteiger partial charge on any atom is -0.477 e. The molecule has 0 saturated heterocycles. The van der Waals surface area contributed by atoms with Crippen LogP contribution in [-0.2, 0) is 9.59 Å². The Balaban J connectivity index is 2.63. The van der Waals surface area contributed by atoms with Crippen molar-refractivity contribution < 1.29 is 14.7 Å². The summed E-state index contributed by atoms with van der Waals surface area (Å²) >= 11 is 0. The SMILES string of the molecule is CC(C)CCN1N=C(C(=O)O)CCC1=O. The van der Waals surface area contributed by atoms with E-state index in [9.17, 15) is 9.59 Å². The molecule has 1 aliphatic rings. The fraction of sp³-hybridized carbons (Fsp3) is 0.700. The number of carboxylic acids is 1. The second kappa shape index (κ2) is 4.91. The van der Waals surface area contributed by atoms with Crippen LogP contribution in [0.2, 0.25) is 0 Å². The van der Waals surface area contributed by atoms with Crippen LogP contribution >= 0.6 is 0 Å². The largest absolute Gasteiger partial charge is 0.477 e. The summed E-state index contributed by atoms with van der Waals surface area (Å²) in [5, 5.41) is 13.9. The molecular weight excluding hydrogens is 196 g/mol.